The Hall–Kier alpha value is 0.0700. The second-order valence-corrected chi connectivity index (χ2v) is 3.43. The van der Waals surface area contributed by atoms with Gasteiger partial charge in [-0.3, -0.25) is 0 Å². The van der Waals surface area contributed by atoms with Crippen molar-refractivity contribution in [2.75, 3.05) is 0 Å². The van der Waals surface area contributed by atoms with Crippen LogP contribution in [0.1, 0.15) is 0 Å². The van der Waals surface area contributed by atoms with Gasteiger partial charge in [0.15, 0.2) is 17.5 Å². The Kier molecular flexibility index (Phi) is 2.91. The summed E-state index contributed by atoms with van der Waals surface area (Å²) in [5, 5.41) is -1.02. The number of benzene rings is 1. The van der Waals surface area contributed by atoms with Gasteiger partial charge < -0.3 is 0 Å². The van der Waals surface area contributed by atoms with Crippen molar-refractivity contribution in [3.8, 4) is 0 Å². The second-order valence-electron chi connectivity index (χ2n) is 1.88. The Morgan fingerprint density at radius 2 is 1.33 bits per heavy atom. The van der Waals surface area contributed by atoms with Crippen LogP contribution in [0.15, 0.2) is 4.47 Å². The highest BCUT2D eigenvalue weighted by Crippen LogP contribution is 2.36. The third-order valence-electron chi connectivity index (χ3n) is 1.16. The topological polar surface area (TPSA) is 0 Å². The van der Waals surface area contributed by atoms with Crippen LogP contribution in [-0.4, -0.2) is 0 Å². The van der Waals surface area contributed by atoms with Gasteiger partial charge in [0.2, 0.25) is 0 Å². The zero-order valence-corrected chi connectivity index (χ0v) is 8.37. The Balaban J connectivity index is 3.60. The maximum Gasteiger partial charge on any atom is 0.197 e. The minimum absolute atomic E-state index is 0.381. The lowest BCUT2D eigenvalue weighted by atomic mass is 10.3. The van der Waals surface area contributed by atoms with Gasteiger partial charge in [-0.05, 0) is 15.9 Å². The molecule has 0 fully saturated rings. The van der Waals surface area contributed by atoms with E-state index < -0.39 is 22.5 Å². The van der Waals surface area contributed by atoms with Gasteiger partial charge in [-0.15, -0.1) is 0 Å². The highest BCUT2D eigenvalue weighted by atomic mass is 79.9. The maximum absolute atomic E-state index is 12.6. The van der Waals surface area contributed by atoms with Crippen LogP contribution < -0.4 is 0 Å². The standard InChI is InChI=1S/C6BrCl2F3/c7-1-2(8)3(9)5(11)6(12)4(1)10. The summed E-state index contributed by atoms with van der Waals surface area (Å²) in [6, 6.07) is 0. The molecule has 0 aromatic heterocycles. The minimum Gasteiger partial charge on any atom is -0.202 e. The van der Waals surface area contributed by atoms with E-state index in [4.69, 9.17) is 23.2 Å². The Labute approximate surface area is 84.4 Å². The average molecular weight is 280 g/mol. The summed E-state index contributed by atoms with van der Waals surface area (Å²) >= 11 is 13.2. The molecule has 0 atom stereocenters. The summed E-state index contributed by atoms with van der Waals surface area (Å²) in [6.45, 7) is 0. The fourth-order valence-electron chi connectivity index (χ4n) is 0.578. The number of hydrogen-bond acceptors (Lipinski definition) is 0. The minimum atomic E-state index is -1.64. The normalized spacial score (nSPS) is 10.5. The molecule has 0 heterocycles. The van der Waals surface area contributed by atoms with Gasteiger partial charge in [0.1, 0.15) is 0 Å². The monoisotopic (exact) mass is 278 g/mol. The quantitative estimate of drug-likeness (QED) is 0.494. The van der Waals surface area contributed by atoms with Crippen molar-refractivity contribution in [1.82, 2.24) is 0 Å². The smallest absolute Gasteiger partial charge is 0.197 e. The molecule has 0 aliphatic rings. The lowest BCUT2D eigenvalue weighted by Gasteiger charge is -2.03. The second kappa shape index (κ2) is 3.44. The van der Waals surface area contributed by atoms with Crippen molar-refractivity contribution in [2.45, 2.75) is 0 Å². The number of halogens is 6. The van der Waals surface area contributed by atoms with Gasteiger partial charge in [0.25, 0.3) is 0 Å². The molecule has 0 spiro atoms. The molecule has 0 aliphatic heterocycles. The van der Waals surface area contributed by atoms with Gasteiger partial charge in [-0.2, -0.15) is 0 Å². The van der Waals surface area contributed by atoms with Crippen LogP contribution in [0.4, 0.5) is 13.2 Å². The Bertz CT molecular complexity index is 235. The first-order valence-electron chi connectivity index (χ1n) is 2.63. The molecule has 0 amide bonds. The van der Waals surface area contributed by atoms with Crippen LogP contribution >= 0.6 is 39.1 Å². The number of hydrogen-bond donors (Lipinski definition) is 0. The van der Waals surface area contributed by atoms with Crippen LogP contribution in [0.25, 0.3) is 0 Å². The molecule has 6 heteroatoms. The summed E-state index contributed by atoms with van der Waals surface area (Å²) < 4.78 is 37.3. The van der Waals surface area contributed by atoms with Crippen molar-refractivity contribution >= 4 is 39.1 Å². The molecule has 0 saturated carbocycles. The molecule has 0 aliphatic carbocycles. The van der Waals surface area contributed by atoms with E-state index in [2.05, 4.69) is 15.9 Å². The van der Waals surface area contributed by atoms with E-state index in [0.717, 1.165) is 0 Å². The van der Waals surface area contributed by atoms with Gasteiger partial charge in [-0.1, -0.05) is 23.2 Å². The summed E-state index contributed by atoms with van der Waals surface area (Å²) in [7, 11) is 0. The maximum atomic E-state index is 12.6. The highest BCUT2D eigenvalue weighted by Gasteiger charge is 2.21. The van der Waals surface area contributed by atoms with E-state index in [1.807, 2.05) is 0 Å². The van der Waals surface area contributed by atoms with Gasteiger partial charge >= 0.3 is 0 Å². The SMILES string of the molecule is Fc1c(F)c(Cl)c(Cl)c(Br)c1F. The third-order valence-corrected chi connectivity index (χ3v) is 2.96. The van der Waals surface area contributed by atoms with Gasteiger partial charge in [-0.25, -0.2) is 13.2 Å². The van der Waals surface area contributed by atoms with Crippen molar-refractivity contribution in [1.29, 1.82) is 0 Å². The first-order valence-corrected chi connectivity index (χ1v) is 4.18. The van der Waals surface area contributed by atoms with E-state index >= 15 is 0 Å². The molecule has 0 radical (unpaired) electrons. The molecule has 1 aromatic rings. The van der Waals surface area contributed by atoms with Crippen LogP contribution in [0.5, 0.6) is 0 Å². The summed E-state index contributed by atoms with van der Waals surface area (Å²) in [5.74, 6) is -4.51. The van der Waals surface area contributed by atoms with E-state index in [1.165, 1.54) is 0 Å². The molecule has 66 valence electrons. The molecule has 1 rings (SSSR count). The van der Waals surface area contributed by atoms with Crippen LogP contribution in [-0.2, 0) is 0 Å². The van der Waals surface area contributed by atoms with E-state index in [9.17, 15) is 13.2 Å². The zero-order chi connectivity index (χ0) is 9.46. The third kappa shape index (κ3) is 1.43. The zero-order valence-electron chi connectivity index (χ0n) is 5.27. The molecule has 1 aromatic carbocycles. The summed E-state index contributed by atoms with van der Waals surface area (Å²) in [5.41, 5.74) is 0. The molecule has 12 heavy (non-hydrogen) atoms. The van der Waals surface area contributed by atoms with E-state index in [1.54, 1.807) is 0 Å². The predicted molar refractivity (Wildman–Crippen MR) is 44.0 cm³/mol. The van der Waals surface area contributed by atoms with Crippen LogP contribution in [0, 0.1) is 17.5 Å². The number of rotatable bonds is 0. The molecule has 0 bridgehead atoms. The molecule has 0 unspecified atom stereocenters. The first-order chi connectivity index (χ1) is 5.46. The van der Waals surface area contributed by atoms with Crippen molar-refractivity contribution in [3.05, 3.63) is 32.0 Å². The molecular formula is C6BrCl2F3. The Morgan fingerprint density at radius 3 is 1.83 bits per heavy atom. The van der Waals surface area contributed by atoms with Gasteiger partial charge in [0, 0.05) is 0 Å². The lowest BCUT2D eigenvalue weighted by molar-refractivity contribution is 0.444. The Morgan fingerprint density at radius 1 is 0.833 bits per heavy atom. The summed E-state index contributed by atoms with van der Waals surface area (Å²) in [6.07, 6.45) is 0. The molecule has 0 nitrogen and oxygen atoms in total. The highest BCUT2D eigenvalue weighted by molar-refractivity contribution is 9.10. The molecular weight excluding hydrogens is 280 g/mol. The van der Waals surface area contributed by atoms with Crippen molar-refractivity contribution < 1.29 is 13.2 Å². The van der Waals surface area contributed by atoms with Crippen molar-refractivity contribution in [2.24, 2.45) is 0 Å². The van der Waals surface area contributed by atoms with E-state index in [-0.39, 0.29) is 9.50 Å². The fourth-order valence-corrected chi connectivity index (χ4v) is 1.41. The lowest BCUT2D eigenvalue weighted by Crippen LogP contribution is -1.94. The van der Waals surface area contributed by atoms with E-state index in [0.29, 0.717) is 0 Å². The van der Waals surface area contributed by atoms with Gasteiger partial charge in [0.05, 0.1) is 14.5 Å². The fraction of sp³-hybridized carbons (Fsp3) is 0. The first kappa shape index (κ1) is 10.2. The van der Waals surface area contributed by atoms with Crippen LogP contribution in [0.3, 0.4) is 0 Å². The molecule has 0 N–H and O–H groups in total. The van der Waals surface area contributed by atoms with Crippen LogP contribution in [0.2, 0.25) is 10.0 Å². The summed E-state index contributed by atoms with van der Waals surface area (Å²) in [4.78, 5) is 0. The molecule has 0 saturated heterocycles. The van der Waals surface area contributed by atoms with Crippen molar-refractivity contribution in [3.63, 3.8) is 0 Å². The predicted octanol–water partition coefficient (Wildman–Crippen LogP) is 4.17. The largest absolute Gasteiger partial charge is 0.202 e. The average Bonchev–Trinajstić information content (AvgIpc) is 2.08.